The van der Waals surface area contributed by atoms with Crippen LogP contribution in [-0.2, 0) is 19.4 Å². The van der Waals surface area contributed by atoms with Gasteiger partial charge in [-0.3, -0.25) is 14.5 Å². The second-order valence-electron chi connectivity index (χ2n) is 7.81. The number of fused-ring (bicyclic) bond motifs is 2. The molecule has 1 aliphatic heterocycles. The monoisotopic (exact) mass is 392 g/mol. The third kappa shape index (κ3) is 3.58. The predicted molar refractivity (Wildman–Crippen MR) is 109 cm³/mol. The normalized spacial score (nSPS) is 17.0. The average Bonchev–Trinajstić information content (AvgIpc) is 3.38. The molecular weight excluding hydrogens is 368 g/mol. The first kappa shape index (κ1) is 18.1. The minimum absolute atomic E-state index is 0.00986. The quantitative estimate of drug-likeness (QED) is 0.679. The average molecular weight is 392 g/mol. The lowest BCUT2D eigenvalue weighted by atomic mass is 10.2. The fourth-order valence-electron chi connectivity index (χ4n) is 4.25. The van der Waals surface area contributed by atoms with Crippen molar-refractivity contribution in [3.8, 4) is 0 Å². The standard InChI is InChI=1S/C22H24N4O3/c27-21-15-16-5-3-6-18(16)23-26(21)13-10-24-8-11-25(12-9-24)22(28)20-14-17-4-1-2-7-19(17)29-20/h1-2,4,7,14-15H,3,5-6,8-13H2. The Hall–Kier alpha value is -2.93. The van der Waals surface area contributed by atoms with Gasteiger partial charge in [0.05, 0.1) is 12.2 Å². The second-order valence-corrected chi connectivity index (χ2v) is 7.81. The van der Waals surface area contributed by atoms with Crippen LogP contribution in [0.1, 0.15) is 28.2 Å². The topological polar surface area (TPSA) is 71.6 Å². The van der Waals surface area contributed by atoms with Crippen LogP contribution in [0.3, 0.4) is 0 Å². The zero-order chi connectivity index (χ0) is 19.8. The molecular formula is C22H24N4O3. The number of hydrogen-bond acceptors (Lipinski definition) is 5. The van der Waals surface area contributed by atoms with E-state index >= 15 is 0 Å². The van der Waals surface area contributed by atoms with Crippen LogP contribution in [0, 0.1) is 0 Å². The highest BCUT2D eigenvalue weighted by molar-refractivity contribution is 5.96. The summed E-state index contributed by atoms with van der Waals surface area (Å²) >= 11 is 0. The van der Waals surface area contributed by atoms with Crippen LogP contribution in [0.5, 0.6) is 0 Å². The number of benzene rings is 1. The largest absolute Gasteiger partial charge is 0.451 e. The minimum Gasteiger partial charge on any atom is -0.451 e. The number of aryl methyl sites for hydroxylation is 2. The van der Waals surface area contributed by atoms with E-state index in [-0.39, 0.29) is 11.5 Å². The molecule has 1 aromatic carbocycles. The van der Waals surface area contributed by atoms with Gasteiger partial charge in [0.25, 0.3) is 11.5 Å². The summed E-state index contributed by atoms with van der Waals surface area (Å²) in [6.45, 7) is 4.23. The predicted octanol–water partition coefficient (Wildman–Crippen LogP) is 1.94. The van der Waals surface area contributed by atoms with E-state index in [9.17, 15) is 9.59 Å². The summed E-state index contributed by atoms with van der Waals surface area (Å²) in [5, 5.41) is 5.49. The number of para-hydroxylation sites is 1. The van der Waals surface area contributed by atoms with Crippen LogP contribution in [0.2, 0.25) is 0 Å². The first-order chi connectivity index (χ1) is 14.2. The maximum Gasteiger partial charge on any atom is 0.289 e. The van der Waals surface area contributed by atoms with Crippen molar-refractivity contribution in [1.82, 2.24) is 19.6 Å². The van der Waals surface area contributed by atoms with Crippen LogP contribution in [-0.4, -0.2) is 58.2 Å². The fraction of sp³-hybridized carbons (Fsp3) is 0.409. The van der Waals surface area contributed by atoms with Crippen LogP contribution in [0.4, 0.5) is 0 Å². The van der Waals surface area contributed by atoms with Crippen LogP contribution >= 0.6 is 0 Å². The Bertz CT molecular complexity index is 1080. The zero-order valence-electron chi connectivity index (χ0n) is 16.3. The van der Waals surface area contributed by atoms with Gasteiger partial charge in [-0.1, -0.05) is 18.2 Å². The summed E-state index contributed by atoms with van der Waals surface area (Å²) in [7, 11) is 0. The van der Waals surface area contributed by atoms with Crippen molar-refractivity contribution in [2.24, 2.45) is 0 Å². The first-order valence-electron chi connectivity index (χ1n) is 10.3. The van der Waals surface area contributed by atoms with Crippen molar-refractivity contribution in [3.05, 3.63) is 63.8 Å². The van der Waals surface area contributed by atoms with Crippen LogP contribution in [0.15, 0.2) is 45.6 Å². The van der Waals surface area contributed by atoms with E-state index in [1.807, 2.05) is 35.2 Å². The molecule has 0 N–H and O–H groups in total. The third-order valence-corrected chi connectivity index (χ3v) is 5.95. The molecule has 29 heavy (non-hydrogen) atoms. The first-order valence-corrected chi connectivity index (χ1v) is 10.3. The summed E-state index contributed by atoms with van der Waals surface area (Å²) < 4.78 is 7.31. The Morgan fingerprint density at radius 2 is 1.86 bits per heavy atom. The Morgan fingerprint density at radius 3 is 2.69 bits per heavy atom. The van der Waals surface area contributed by atoms with Gasteiger partial charge < -0.3 is 9.32 Å². The van der Waals surface area contributed by atoms with E-state index in [2.05, 4.69) is 10.00 Å². The Morgan fingerprint density at radius 1 is 1.03 bits per heavy atom. The molecule has 1 saturated heterocycles. The highest BCUT2D eigenvalue weighted by atomic mass is 16.3. The van der Waals surface area contributed by atoms with Gasteiger partial charge in [-0.15, -0.1) is 0 Å². The molecule has 3 aromatic rings. The molecule has 0 atom stereocenters. The molecule has 7 heteroatoms. The van der Waals surface area contributed by atoms with Crippen molar-refractivity contribution in [1.29, 1.82) is 0 Å². The third-order valence-electron chi connectivity index (χ3n) is 5.95. The smallest absolute Gasteiger partial charge is 0.289 e. The van der Waals surface area contributed by atoms with Gasteiger partial charge in [0.15, 0.2) is 5.76 Å². The van der Waals surface area contributed by atoms with Crippen molar-refractivity contribution in [2.45, 2.75) is 25.8 Å². The number of rotatable bonds is 4. The van der Waals surface area contributed by atoms with Crippen molar-refractivity contribution >= 4 is 16.9 Å². The van der Waals surface area contributed by atoms with E-state index in [1.54, 1.807) is 10.7 Å². The van der Waals surface area contributed by atoms with E-state index in [4.69, 9.17) is 4.42 Å². The molecule has 2 aromatic heterocycles. The van der Waals surface area contributed by atoms with Gasteiger partial charge >= 0.3 is 0 Å². The molecule has 1 fully saturated rings. The Labute approximate surface area is 168 Å². The number of carbonyl (C=O) groups is 1. The number of amides is 1. The van der Waals surface area contributed by atoms with Crippen molar-refractivity contribution in [3.63, 3.8) is 0 Å². The molecule has 3 heterocycles. The number of nitrogens with zero attached hydrogens (tertiary/aromatic N) is 4. The highest BCUT2D eigenvalue weighted by Crippen LogP contribution is 2.21. The maximum atomic E-state index is 12.8. The van der Waals surface area contributed by atoms with Gasteiger partial charge in [-0.05, 0) is 37.0 Å². The molecule has 0 radical (unpaired) electrons. The SMILES string of the molecule is O=C(c1cc2ccccc2o1)N1CCN(CCn2nc3c(cc2=O)CCC3)CC1. The Balaban J connectivity index is 1.17. The molecule has 0 spiro atoms. The molecule has 7 nitrogen and oxygen atoms in total. The van der Waals surface area contributed by atoms with Crippen LogP contribution in [0.25, 0.3) is 11.0 Å². The van der Waals surface area contributed by atoms with Crippen molar-refractivity contribution < 1.29 is 9.21 Å². The van der Waals surface area contributed by atoms with E-state index < -0.39 is 0 Å². The number of piperazine rings is 1. The minimum atomic E-state index is -0.0580. The van der Waals surface area contributed by atoms with Gasteiger partial charge in [-0.25, -0.2) is 4.68 Å². The second kappa shape index (κ2) is 7.48. The van der Waals surface area contributed by atoms with Gasteiger partial charge in [-0.2, -0.15) is 5.10 Å². The molecule has 1 aliphatic carbocycles. The molecule has 1 amide bonds. The molecule has 5 rings (SSSR count). The summed E-state index contributed by atoms with van der Waals surface area (Å²) in [6, 6.07) is 11.2. The number of hydrogen-bond donors (Lipinski definition) is 0. The zero-order valence-corrected chi connectivity index (χ0v) is 16.3. The molecule has 150 valence electrons. The van der Waals surface area contributed by atoms with E-state index in [0.29, 0.717) is 25.4 Å². The lowest BCUT2D eigenvalue weighted by Gasteiger charge is -2.34. The molecule has 2 aliphatic rings. The molecule has 0 unspecified atom stereocenters. The lowest BCUT2D eigenvalue weighted by molar-refractivity contribution is 0.0603. The fourth-order valence-corrected chi connectivity index (χ4v) is 4.25. The summed E-state index contributed by atoms with van der Waals surface area (Å²) in [5.41, 5.74) is 2.92. The van der Waals surface area contributed by atoms with Gasteiger partial charge in [0.1, 0.15) is 5.58 Å². The number of aromatic nitrogens is 2. The van der Waals surface area contributed by atoms with Gasteiger partial charge in [0.2, 0.25) is 0 Å². The number of furan rings is 1. The van der Waals surface area contributed by atoms with Crippen molar-refractivity contribution in [2.75, 3.05) is 32.7 Å². The summed E-state index contributed by atoms with van der Waals surface area (Å²) in [5.74, 6) is 0.339. The Kier molecular flexibility index (Phi) is 4.67. The van der Waals surface area contributed by atoms with Gasteiger partial charge in [0, 0.05) is 44.2 Å². The summed E-state index contributed by atoms with van der Waals surface area (Å²) in [6.07, 6.45) is 3.03. The molecule has 0 bridgehead atoms. The molecule has 0 saturated carbocycles. The van der Waals surface area contributed by atoms with Crippen LogP contribution < -0.4 is 5.56 Å². The number of carbonyl (C=O) groups excluding carboxylic acids is 1. The maximum absolute atomic E-state index is 12.8. The summed E-state index contributed by atoms with van der Waals surface area (Å²) in [4.78, 5) is 29.1. The van der Waals surface area contributed by atoms with E-state index in [0.717, 1.165) is 61.1 Å². The highest BCUT2D eigenvalue weighted by Gasteiger charge is 2.24. The lowest BCUT2D eigenvalue weighted by Crippen LogP contribution is -2.49. The van der Waals surface area contributed by atoms with E-state index in [1.165, 1.54) is 0 Å².